The normalized spacial score (nSPS) is 14.4. The van der Waals surface area contributed by atoms with Crippen LogP contribution in [-0.2, 0) is 13.6 Å². The lowest BCUT2D eigenvalue weighted by molar-refractivity contribution is 0.0958. The molecule has 4 heterocycles. The van der Waals surface area contributed by atoms with Crippen molar-refractivity contribution in [3.05, 3.63) is 45.5 Å². The highest BCUT2D eigenvalue weighted by Crippen LogP contribution is 2.36. The van der Waals surface area contributed by atoms with Gasteiger partial charge in [-0.15, -0.1) is 10.2 Å². The van der Waals surface area contributed by atoms with Crippen LogP contribution in [0.5, 0.6) is 0 Å². The third-order valence-electron chi connectivity index (χ3n) is 4.24. The minimum atomic E-state index is -2.71. The van der Waals surface area contributed by atoms with Crippen LogP contribution in [0.3, 0.4) is 0 Å². The second-order valence-corrected chi connectivity index (χ2v) is 6.44. The molecule has 3 aromatic heterocycles. The van der Waals surface area contributed by atoms with Crippen molar-refractivity contribution in [2.75, 3.05) is 24.2 Å². The van der Waals surface area contributed by atoms with Crippen LogP contribution in [0, 0.1) is 0 Å². The van der Waals surface area contributed by atoms with E-state index in [-0.39, 0.29) is 22.2 Å². The quantitative estimate of drug-likeness (QED) is 0.645. The largest absolute Gasteiger partial charge is 0.362 e. The third kappa shape index (κ3) is 2.76. The van der Waals surface area contributed by atoms with Crippen LogP contribution in [0.25, 0.3) is 5.69 Å². The minimum absolute atomic E-state index is 0.0168. The maximum absolute atomic E-state index is 12.5. The Labute approximate surface area is 168 Å². The van der Waals surface area contributed by atoms with Crippen molar-refractivity contribution in [1.29, 1.82) is 0 Å². The highest BCUT2D eigenvalue weighted by Gasteiger charge is 2.28. The molecule has 1 aliphatic rings. The van der Waals surface area contributed by atoms with E-state index in [1.807, 2.05) is 10.2 Å². The molecule has 0 unspecified atom stereocenters. The molecule has 0 spiro atoms. The monoisotopic (exact) mass is 404 g/mol. The number of hydrogen-bond acceptors (Lipinski definition) is 8. The molecule has 0 aliphatic carbocycles. The van der Waals surface area contributed by atoms with E-state index in [1.165, 1.54) is 21.5 Å². The van der Waals surface area contributed by atoms with Gasteiger partial charge in [-0.3, -0.25) is 4.79 Å². The first kappa shape index (κ1) is 14.6. The molecule has 0 saturated heterocycles. The maximum Gasteiger partial charge on any atom is 0.350 e. The number of amides is 1. The standard InChI is InChI=1S/C16H16ClN9O2/c1-18-15(27)12-8(6-10(17)21-22-12)20-14-13-9(4-5-19-14)26-11(7-24(13)2)23-25(3)16(26)28/h4-6H,7H2,1-3H3,(H,18,27)(H,19,20,21)/i1D3. The zero-order chi connectivity index (χ0) is 22.5. The fraction of sp³-hybridized carbons (Fsp3) is 0.250. The lowest BCUT2D eigenvalue weighted by Gasteiger charge is -2.29. The number of pyridine rings is 1. The molecule has 12 heteroatoms. The molecule has 11 nitrogen and oxygen atoms in total. The predicted octanol–water partition coefficient (Wildman–Crippen LogP) is 0.462. The van der Waals surface area contributed by atoms with Gasteiger partial charge in [0, 0.05) is 37.4 Å². The van der Waals surface area contributed by atoms with Crippen molar-refractivity contribution in [2.24, 2.45) is 7.05 Å². The average molecular weight is 405 g/mol. The van der Waals surface area contributed by atoms with Gasteiger partial charge in [-0.1, -0.05) is 11.6 Å². The predicted molar refractivity (Wildman–Crippen MR) is 102 cm³/mol. The first-order chi connectivity index (χ1) is 14.5. The van der Waals surface area contributed by atoms with Gasteiger partial charge >= 0.3 is 5.69 Å². The molecular weight excluding hydrogens is 386 g/mol. The summed E-state index contributed by atoms with van der Waals surface area (Å²) in [5.74, 6) is -0.102. The fourth-order valence-electron chi connectivity index (χ4n) is 3.06. The molecule has 4 rings (SSSR count). The fourth-order valence-corrected chi connectivity index (χ4v) is 3.21. The number of rotatable bonds is 3. The average Bonchev–Trinajstić information content (AvgIpc) is 2.94. The summed E-state index contributed by atoms with van der Waals surface area (Å²) in [7, 11) is 3.36. The van der Waals surface area contributed by atoms with E-state index in [0.29, 0.717) is 29.6 Å². The Balaban J connectivity index is 1.80. The number of carbonyl (C=O) groups is 1. The van der Waals surface area contributed by atoms with Gasteiger partial charge in [-0.2, -0.15) is 5.10 Å². The van der Waals surface area contributed by atoms with Gasteiger partial charge in [-0.05, 0) is 6.07 Å². The highest BCUT2D eigenvalue weighted by atomic mass is 35.5. The van der Waals surface area contributed by atoms with Crippen molar-refractivity contribution in [3.8, 4) is 5.69 Å². The van der Waals surface area contributed by atoms with Gasteiger partial charge in [0.1, 0.15) is 5.69 Å². The maximum atomic E-state index is 12.5. The molecular formula is C16H16ClN9O2. The number of nitrogens with one attached hydrogen (secondary N) is 2. The summed E-state index contributed by atoms with van der Waals surface area (Å²) in [6.45, 7) is -2.37. The minimum Gasteiger partial charge on any atom is -0.362 e. The van der Waals surface area contributed by atoms with Crippen molar-refractivity contribution in [3.63, 3.8) is 0 Å². The summed E-state index contributed by atoms with van der Waals surface area (Å²) < 4.78 is 24.4. The molecule has 1 amide bonds. The van der Waals surface area contributed by atoms with Gasteiger partial charge in [0.15, 0.2) is 22.5 Å². The molecule has 0 saturated carbocycles. The second kappa shape index (κ2) is 6.60. The van der Waals surface area contributed by atoms with Crippen LogP contribution in [-0.4, -0.2) is 49.5 Å². The molecule has 0 atom stereocenters. The van der Waals surface area contributed by atoms with Gasteiger partial charge in [0.2, 0.25) is 0 Å². The summed E-state index contributed by atoms with van der Waals surface area (Å²) >= 11 is 5.94. The molecule has 3 aromatic rings. The van der Waals surface area contributed by atoms with Crippen LogP contribution >= 0.6 is 11.6 Å². The first-order valence-corrected chi connectivity index (χ1v) is 8.41. The summed E-state index contributed by atoms with van der Waals surface area (Å²) in [5.41, 5.74) is 0.618. The van der Waals surface area contributed by atoms with Crippen LogP contribution < -0.4 is 21.2 Å². The summed E-state index contributed by atoms with van der Waals surface area (Å²) in [4.78, 5) is 31.1. The molecule has 28 heavy (non-hydrogen) atoms. The Morgan fingerprint density at radius 2 is 2.18 bits per heavy atom. The number of hydrogen-bond donors (Lipinski definition) is 2. The number of nitrogens with zero attached hydrogens (tertiary/aromatic N) is 7. The van der Waals surface area contributed by atoms with E-state index >= 15 is 0 Å². The van der Waals surface area contributed by atoms with E-state index in [2.05, 4.69) is 25.6 Å². The topological polar surface area (TPSA) is 123 Å². The van der Waals surface area contributed by atoms with Crippen LogP contribution in [0.15, 0.2) is 23.1 Å². The van der Waals surface area contributed by atoms with E-state index in [9.17, 15) is 9.59 Å². The van der Waals surface area contributed by atoms with Crippen LogP contribution in [0.2, 0.25) is 5.15 Å². The SMILES string of the molecule is [2H]C([2H])([2H])NC(=O)c1nnc(Cl)cc1Nc1nccc2c1N(C)Cc1nn(C)c(=O)n1-2. The van der Waals surface area contributed by atoms with Crippen molar-refractivity contribution < 1.29 is 8.91 Å². The molecule has 144 valence electrons. The summed E-state index contributed by atoms with van der Waals surface area (Å²) in [6.07, 6.45) is 1.49. The molecule has 0 bridgehead atoms. The zero-order valence-corrected chi connectivity index (χ0v) is 15.5. The van der Waals surface area contributed by atoms with E-state index in [1.54, 1.807) is 20.2 Å². The molecule has 2 N–H and O–H groups in total. The number of halogens is 1. The Kier molecular flexibility index (Phi) is 3.44. The summed E-state index contributed by atoms with van der Waals surface area (Å²) in [5, 5.41) is 16.4. The molecule has 0 aromatic carbocycles. The second-order valence-electron chi connectivity index (χ2n) is 6.05. The Morgan fingerprint density at radius 1 is 1.36 bits per heavy atom. The van der Waals surface area contributed by atoms with E-state index < -0.39 is 12.9 Å². The van der Waals surface area contributed by atoms with Crippen LogP contribution in [0.4, 0.5) is 17.2 Å². The van der Waals surface area contributed by atoms with Crippen molar-refractivity contribution >= 4 is 34.7 Å². The van der Waals surface area contributed by atoms with Crippen molar-refractivity contribution in [2.45, 2.75) is 6.54 Å². The van der Waals surface area contributed by atoms with Gasteiger partial charge in [0.05, 0.1) is 17.9 Å². The number of aromatic nitrogens is 6. The molecule has 0 fully saturated rings. The Morgan fingerprint density at radius 3 is 2.96 bits per heavy atom. The van der Waals surface area contributed by atoms with Crippen molar-refractivity contribution in [1.82, 2.24) is 34.8 Å². The smallest absolute Gasteiger partial charge is 0.350 e. The van der Waals surface area contributed by atoms with E-state index in [0.717, 1.165) is 0 Å². The number of carbonyl (C=O) groups excluding carboxylic acids is 1. The molecule has 1 aliphatic heterocycles. The van der Waals surface area contributed by atoms with Gasteiger partial charge in [0.25, 0.3) is 5.91 Å². The highest BCUT2D eigenvalue weighted by molar-refractivity contribution is 6.29. The summed E-state index contributed by atoms with van der Waals surface area (Å²) in [6, 6.07) is 3.00. The lowest BCUT2D eigenvalue weighted by Crippen LogP contribution is -2.31. The zero-order valence-electron chi connectivity index (χ0n) is 17.8. The Bertz CT molecular complexity index is 1250. The van der Waals surface area contributed by atoms with E-state index in [4.69, 9.17) is 15.7 Å². The molecule has 0 radical (unpaired) electrons. The lowest BCUT2D eigenvalue weighted by atomic mass is 10.2. The van der Waals surface area contributed by atoms with Gasteiger partial charge in [-0.25, -0.2) is 19.0 Å². The van der Waals surface area contributed by atoms with Gasteiger partial charge < -0.3 is 15.5 Å². The number of fused-ring (bicyclic) bond motifs is 3. The third-order valence-corrected chi connectivity index (χ3v) is 4.43. The number of anilines is 3. The first-order valence-electron chi connectivity index (χ1n) is 9.53. The number of aryl methyl sites for hydroxylation is 1. The van der Waals surface area contributed by atoms with Crippen LogP contribution in [0.1, 0.15) is 20.4 Å². The Hall–Kier alpha value is -3.47.